The van der Waals surface area contributed by atoms with Crippen molar-refractivity contribution < 1.29 is 0 Å². The van der Waals surface area contributed by atoms with Crippen LogP contribution in [0.4, 0.5) is 11.8 Å². The molecule has 1 aliphatic rings. The largest absolute Gasteiger partial charge is 0.383 e. The first kappa shape index (κ1) is 11.9. The van der Waals surface area contributed by atoms with Gasteiger partial charge >= 0.3 is 0 Å². The van der Waals surface area contributed by atoms with Crippen molar-refractivity contribution in [3.8, 4) is 0 Å². The van der Waals surface area contributed by atoms with Crippen LogP contribution in [0.1, 0.15) is 35.7 Å². The minimum absolute atomic E-state index is 0.149. The highest BCUT2D eigenvalue weighted by atomic mass is 15.1. The summed E-state index contributed by atoms with van der Waals surface area (Å²) < 4.78 is 0. The minimum atomic E-state index is 0.149. The number of nitrogens with one attached hydrogen (secondary N) is 1. The molecule has 5 N–H and O–H groups in total. The fourth-order valence-electron chi connectivity index (χ4n) is 2.69. The predicted octanol–water partition coefficient (Wildman–Crippen LogP) is 1.44. The lowest BCUT2D eigenvalue weighted by Crippen LogP contribution is -2.34. The Balaban J connectivity index is 2.15. The number of hydrogen-bond acceptors (Lipinski definition) is 5. The van der Waals surface area contributed by atoms with Crippen LogP contribution in [0.3, 0.4) is 0 Å². The third-order valence-corrected chi connectivity index (χ3v) is 3.62. The summed E-state index contributed by atoms with van der Waals surface area (Å²) in [5.41, 5.74) is 14.9. The Morgan fingerprint density at radius 3 is 2.63 bits per heavy atom. The van der Waals surface area contributed by atoms with E-state index in [1.54, 1.807) is 0 Å². The number of benzene rings is 1. The molecule has 3 rings (SSSR count). The van der Waals surface area contributed by atoms with Gasteiger partial charge in [0.15, 0.2) is 0 Å². The molecule has 0 amide bonds. The van der Waals surface area contributed by atoms with E-state index in [0.29, 0.717) is 5.82 Å². The first-order valence-corrected chi connectivity index (χ1v) is 6.38. The van der Waals surface area contributed by atoms with E-state index in [9.17, 15) is 0 Å². The van der Waals surface area contributed by atoms with Gasteiger partial charge in [-0.1, -0.05) is 30.3 Å². The number of fused-ring (bicyclic) bond motifs is 1. The zero-order valence-electron chi connectivity index (χ0n) is 10.8. The second kappa shape index (κ2) is 4.51. The van der Waals surface area contributed by atoms with E-state index < -0.39 is 0 Å². The smallest absolute Gasteiger partial charge is 0.222 e. The molecule has 2 aromatic rings. The number of aromatic nitrogens is 2. The highest BCUT2D eigenvalue weighted by Crippen LogP contribution is 2.35. The van der Waals surface area contributed by atoms with Crippen LogP contribution in [0.25, 0.3) is 0 Å². The molecule has 0 saturated carbocycles. The topological polar surface area (TPSA) is 89.8 Å². The van der Waals surface area contributed by atoms with Crippen molar-refractivity contribution in [2.24, 2.45) is 0 Å². The van der Waals surface area contributed by atoms with Gasteiger partial charge in [-0.25, -0.2) is 4.98 Å². The monoisotopic (exact) mass is 255 g/mol. The van der Waals surface area contributed by atoms with E-state index in [2.05, 4.69) is 34.3 Å². The van der Waals surface area contributed by atoms with Crippen LogP contribution >= 0.6 is 0 Å². The van der Waals surface area contributed by atoms with Crippen LogP contribution < -0.4 is 16.8 Å². The third kappa shape index (κ3) is 2.02. The van der Waals surface area contributed by atoms with Crippen molar-refractivity contribution in [1.29, 1.82) is 0 Å². The Labute approximate surface area is 112 Å². The van der Waals surface area contributed by atoms with E-state index in [1.165, 1.54) is 5.56 Å². The molecule has 5 nitrogen and oxygen atoms in total. The lowest BCUT2D eigenvalue weighted by molar-refractivity contribution is 0.498. The highest BCUT2D eigenvalue weighted by Gasteiger charge is 2.29. The number of rotatable bonds is 1. The highest BCUT2D eigenvalue weighted by molar-refractivity contribution is 5.52. The van der Waals surface area contributed by atoms with Gasteiger partial charge in [-0.15, -0.1) is 0 Å². The van der Waals surface area contributed by atoms with Crippen molar-refractivity contribution in [3.05, 3.63) is 47.2 Å². The molecule has 0 bridgehead atoms. The van der Waals surface area contributed by atoms with Gasteiger partial charge in [0.25, 0.3) is 0 Å². The SMILES string of the molecule is CC1NCC(c2ccccc2)c2nc(N)nc(N)c21. The second-order valence-corrected chi connectivity index (χ2v) is 4.86. The maximum Gasteiger partial charge on any atom is 0.222 e. The van der Waals surface area contributed by atoms with Gasteiger partial charge in [0.1, 0.15) is 5.82 Å². The molecule has 1 aromatic heterocycles. The zero-order chi connectivity index (χ0) is 13.4. The van der Waals surface area contributed by atoms with Gasteiger partial charge in [-0.2, -0.15) is 4.98 Å². The molecular formula is C14H17N5. The molecule has 0 spiro atoms. The van der Waals surface area contributed by atoms with Gasteiger partial charge in [-0.05, 0) is 12.5 Å². The minimum Gasteiger partial charge on any atom is -0.383 e. The van der Waals surface area contributed by atoms with Gasteiger partial charge in [0, 0.05) is 24.1 Å². The van der Waals surface area contributed by atoms with Gasteiger partial charge in [0.2, 0.25) is 5.95 Å². The van der Waals surface area contributed by atoms with E-state index >= 15 is 0 Å². The van der Waals surface area contributed by atoms with Crippen molar-refractivity contribution >= 4 is 11.8 Å². The lowest BCUT2D eigenvalue weighted by atomic mass is 9.87. The number of anilines is 2. The van der Waals surface area contributed by atoms with Crippen molar-refractivity contribution in [3.63, 3.8) is 0 Å². The summed E-state index contributed by atoms with van der Waals surface area (Å²) in [6.45, 7) is 2.89. The summed E-state index contributed by atoms with van der Waals surface area (Å²) >= 11 is 0. The number of hydrogen-bond donors (Lipinski definition) is 3. The van der Waals surface area contributed by atoms with E-state index in [1.807, 2.05) is 18.2 Å². The molecule has 0 radical (unpaired) electrons. The number of nitrogens with two attached hydrogens (primary N) is 2. The molecule has 1 aromatic carbocycles. The Morgan fingerprint density at radius 2 is 1.89 bits per heavy atom. The van der Waals surface area contributed by atoms with E-state index in [0.717, 1.165) is 17.8 Å². The second-order valence-electron chi connectivity index (χ2n) is 4.86. The molecule has 0 saturated heterocycles. The molecule has 2 unspecified atom stereocenters. The maximum atomic E-state index is 6.00. The average Bonchev–Trinajstić information content (AvgIpc) is 2.39. The van der Waals surface area contributed by atoms with Crippen LogP contribution in [0, 0.1) is 0 Å². The summed E-state index contributed by atoms with van der Waals surface area (Å²) in [7, 11) is 0. The summed E-state index contributed by atoms with van der Waals surface area (Å²) in [6, 6.07) is 10.4. The summed E-state index contributed by atoms with van der Waals surface area (Å²) in [5.74, 6) is 0.884. The standard InChI is InChI=1S/C14H17N5/c1-8-11-12(18-14(16)19-13(11)15)10(7-17-8)9-5-3-2-4-6-9/h2-6,8,10,17H,7H2,1H3,(H4,15,16,18,19). The third-order valence-electron chi connectivity index (χ3n) is 3.62. The average molecular weight is 255 g/mol. The van der Waals surface area contributed by atoms with Crippen molar-refractivity contribution in [1.82, 2.24) is 15.3 Å². The quantitative estimate of drug-likeness (QED) is 0.717. The van der Waals surface area contributed by atoms with Crippen LogP contribution in [-0.2, 0) is 0 Å². The Kier molecular flexibility index (Phi) is 2.83. The predicted molar refractivity (Wildman–Crippen MR) is 75.6 cm³/mol. The van der Waals surface area contributed by atoms with Crippen LogP contribution in [0.5, 0.6) is 0 Å². The molecule has 1 aliphatic heterocycles. The van der Waals surface area contributed by atoms with Crippen LogP contribution in [0.2, 0.25) is 0 Å². The normalized spacial score (nSPS) is 21.9. The Morgan fingerprint density at radius 1 is 1.16 bits per heavy atom. The maximum absolute atomic E-state index is 6.00. The first-order valence-electron chi connectivity index (χ1n) is 6.38. The van der Waals surface area contributed by atoms with Crippen LogP contribution in [0.15, 0.2) is 30.3 Å². The van der Waals surface area contributed by atoms with E-state index in [4.69, 9.17) is 11.5 Å². The van der Waals surface area contributed by atoms with Gasteiger partial charge in [0.05, 0.1) is 5.69 Å². The number of nitrogen functional groups attached to an aromatic ring is 2. The molecule has 19 heavy (non-hydrogen) atoms. The fraction of sp³-hybridized carbons (Fsp3) is 0.286. The lowest BCUT2D eigenvalue weighted by Gasteiger charge is -2.30. The fourth-order valence-corrected chi connectivity index (χ4v) is 2.69. The molecule has 5 heteroatoms. The molecule has 0 aliphatic carbocycles. The summed E-state index contributed by atoms with van der Waals surface area (Å²) in [4.78, 5) is 8.50. The summed E-state index contributed by atoms with van der Waals surface area (Å²) in [6.07, 6.45) is 0. The van der Waals surface area contributed by atoms with Gasteiger partial charge < -0.3 is 16.8 Å². The Hall–Kier alpha value is -2.14. The first-order chi connectivity index (χ1) is 9.16. The van der Waals surface area contributed by atoms with E-state index in [-0.39, 0.29) is 17.9 Å². The molecule has 2 atom stereocenters. The molecule has 0 fully saturated rings. The molecule has 2 heterocycles. The molecular weight excluding hydrogens is 238 g/mol. The van der Waals surface area contributed by atoms with Crippen LogP contribution in [-0.4, -0.2) is 16.5 Å². The molecule has 98 valence electrons. The van der Waals surface area contributed by atoms with Crippen molar-refractivity contribution in [2.45, 2.75) is 18.9 Å². The number of nitrogens with zero attached hydrogens (tertiary/aromatic N) is 2. The zero-order valence-corrected chi connectivity index (χ0v) is 10.8. The van der Waals surface area contributed by atoms with Crippen molar-refractivity contribution in [2.75, 3.05) is 18.0 Å². The Bertz CT molecular complexity index is 596. The van der Waals surface area contributed by atoms with Gasteiger partial charge in [-0.3, -0.25) is 0 Å². The summed E-state index contributed by atoms with van der Waals surface area (Å²) in [5, 5.41) is 3.45.